The molecule has 2 unspecified atom stereocenters. The van der Waals surface area contributed by atoms with Gasteiger partial charge in [-0.05, 0) is 24.8 Å². The average Bonchev–Trinajstić information content (AvgIpc) is 2.37. The van der Waals surface area contributed by atoms with Crippen LogP contribution in [0.5, 0.6) is 0 Å². The molecule has 0 radical (unpaired) electrons. The first-order valence-electron chi connectivity index (χ1n) is 6.33. The number of carbonyl (C=O) groups is 1. The zero-order valence-electron chi connectivity index (χ0n) is 10.1. The molecule has 1 aliphatic carbocycles. The molecule has 1 fully saturated rings. The minimum atomic E-state index is 0.113. The lowest BCUT2D eigenvalue weighted by Gasteiger charge is -2.25. The first-order valence-corrected chi connectivity index (χ1v) is 6.33. The van der Waals surface area contributed by atoms with Gasteiger partial charge in [-0.3, -0.25) is 4.79 Å². The van der Waals surface area contributed by atoms with Gasteiger partial charge in [0.15, 0.2) is 0 Å². The minimum absolute atomic E-state index is 0.113. The predicted molar refractivity (Wildman–Crippen MR) is 68.2 cm³/mol. The minimum Gasteiger partial charge on any atom is -0.352 e. The van der Waals surface area contributed by atoms with Crippen LogP contribution in [-0.2, 0) is 11.3 Å². The summed E-state index contributed by atoms with van der Waals surface area (Å²) < 4.78 is 0. The molecule has 1 aliphatic rings. The second-order valence-electron chi connectivity index (χ2n) is 4.83. The van der Waals surface area contributed by atoms with Gasteiger partial charge in [-0.1, -0.05) is 36.8 Å². The first kappa shape index (κ1) is 12.1. The van der Waals surface area contributed by atoms with Gasteiger partial charge in [0, 0.05) is 18.5 Å². The summed E-state index contributed by atoms with van der Waals surface area (Å²) in [5.74, 6) is 0.270. The number of nitrogens with two attached hydrogens (primary N) is 1. The molecule has 1 aromatic carbocycles. The Morgan fingerprint density at radius 1 is 1.29 bits per heavy atom. The van der Waals surface area contributed by atoms with Gasteiger partial charge in [0.2, 0.25) is 5.91 Å². The molecule has 1 saturated carbocycles. The van der Waals surface area contributed by atoms with Gasteiger partial charge in [-0.2, -0.15) is 0 Å². The summed E-state index contributed by atoms with van der Waals surface area (Å²) in [6, 6.07) is 10.2. The van der Waals surface area contributed by atoms with Gasteiger partial charge in [-0.25, -0.2) is 0 Å². The summed E-state index contributed by atoms with van der Waals surface area (Å²) in [6.07, 6.45) is 3.95. The molecule has 1 amide bonds. The summed E-state index contributed by atoms with van der Waals surface area (Å²) in [4.78, 5) is 12.0. The third-order valence-corrected chi connectivity index (χ3v) is 3.40. The molecule has 92 valence electrons. The molecule has 2 rings (SSSR count). The van der Waals surface area contributed by atoms with Crippen molar-refractivity contribution in [1.29, 1.82) is 0 Å². The number of hydrogen-bond donors (Lipinski definition) is 2. The highest BCUT2D eigenvalue weighted by atomic mass is 16.1. The van der Waals surface area contributed by atoms with Gasteiger partial charge in [0.05, 0.1) is 0 Å². The molecule has 0 aliphatic heterocycles. The van der Waals surface area contributed by atoms with Gasteiger partial charge < -0.3 is 11.1 Å². The lowest BCUT2D eigenvalue weighted by atomic mass is 9.85. The fraction of sp³-hybridized carbons (Fsp3) is 0.500. The van der Waals surface area contributed by atoms with Crippen LogP contribution in [0.4, 0.5) is 0 Å². The van der Waals surface area contributed by atoms with Crippen molar-refractivity contribution in [1.82, 2.24) is 5.32 Å². The molecule has 0 heterocycles. The normalized spacial score (nSPS) is 24.3. The second kappa shape index (κ2) is 5.82. The number of rotatable bonds is 3. The van der Waals surface area contributed by atoms with Crippen LogP contribution in [0, 0.1) is 5.92 Å². The van der Waals surface area contributed by atoms with E-state index in [2.05, 4.69) is 5.32 Å². The lowest BCUT2D eigenvalue weighted by molar-refractivity contribution is -0.126. The van der Waals surface area contributed by atoms with Gasteiger partial charge in [0.25, 0.3) is 0 Å². The molecule has 3 N–H and O–H groups in total. The largest absolute Gasteiger partial charge is 0.352 e. The topological polar surface area (TPSA) is 55.1 Å². The third kappa shape index (κ3) is 3.56. The Balaban J connectivity index is 1.81. The van der Waals surface area contributed by atoms with Crippen molar-refractivity contribution >= 4 is 5.91 Å². The Morgan fingerprint density at radius 2 is 2.06 bits per heavy atom. The van der Waals surface area contributed by atoms with Crippen LogP contribution >= 0.6 is 0 Å². The van der Waals surface area contributed by atoms with Crippen molar-refractivity contribution in [2.75, 3.05) is 0 Å². The van der Waals surface area contributed by atoms with E-state index in [-0.39, 0.29) is 17.9 Å². The van der Waals surface area contributed by atoms with Gasteiger partial charge >= 0.3 is 0 Å². The van der Waals surface area contributed by atoms with Crippen molar-refractivity contribution in [3.63, 3.8) is 0 Å². The second-order valence-corrected chi connectivity index (χ2v) is 4.83. The molecule has 17 heavy (non-hydrogen) atoms. The maximum Gasteiger partial charge on any atom is 0.223 e. The van der Waals surface area contributed by atoms with E-state index < -0.39 is 0 Å². The first-order chi connectivity index (χ1) is 8.25. The zero-order valence-corrected chi connectivity index (χ0v) is 10.1. The highest BCUT2D eigenvalue weighted by Gasteiger charge is 2.24. The summed E-state index contributed by atoms with van der Waals surface area (Å²) in [7, 11) is 0. The number of carbonyl (C=O) groups excluding carboxylic acids is 1. The maximum atomic E-state index is 12.0. The van der Waals surface area contributed by atoms with E-state index in [1.54, 1.807) is 0 Å². The number of nitrogens with one attached hydrogen (secondary N) is 1. The molecule has 0 saturated heterocycles. The summed E-state index contributed by atoms with van der Waals surface area (Å²) >= 11 is 0. The van der Waals surface area contributed by atoms with Crippen LogP contribution in [0.1, 0.15) is 31.2 Å². The molecule has 1 aromatic rings. The molecule has 0 bridgehead atoms. The van der Waals surface area contributed by atoms with Crippen LogP contribution in [-0.4, -0.2) is 11.9 Å². The molecule has 2 atom stereocenters. The number of amides is 1. The van der Waals surface area contributed by atoms with Crippen molar-refractivity contribution in [3.8, 4) is 0 Å². The van der Waals surface area contributed by atoms with Crippen molar-refractivity contribution in [2.24, 2.45) is 11.7 Å². The summed E-state index contributed by atoms with van der Waals surface area (Å²) in [5, 5.41) is 2.99. The van der Waals surface area contributed by atoms with E-state index in [0.717, 1.165) is 31.2 Å². The van der Waals surface area contributed by atoms with E-state index in [9.17, 15) is 4.79 Å². The fourth-order valence-corrected chi connectivity index (χ4v) is 2.40. The summed E-state index contributed by atoms with van der Waals surface area (Å²) in [5.41, 5.74) is 7.03. The van der Waals surface area contributed by atoms with E-state index in [0.29, 0.717) is 6.54 Å². The van der Waals surface area contributed by atoms with Crippen molar-refractivity contribution in [3.05, 3.63) is 35.9 Å². The SMILES string of the molecule is NC1CCCC(C(=O)NCc2ccccc2)C1. The Morgan fingerprint density at radius 3 is 2.76 bits per heavy atom. The quantitative estimate of drug-likeness (QED) is 0.835. The molecule has 0 spiro atoms. The van der Waals surface area contributed by atoms with E-state index >= 15 is 0 Å². The van der Waals surface area contributed by atoms with Crippen LogP contribution in [0.3, 0.4) is 0 Å². The monoisotopic (exact) mass is 232 g/mol. The van der Waals surface area contributed by atoms with E-state index in [1.165, 1.54) is 0 Å². The fourth-order valence-electron chi connectivity index (χ4n) is 2.40. The highest BCUT2D eigenvalue weighted by molar-refractivity contribution is 5.78. The zero-order chi connectivity index (χ0) is 12.1. The predicted octanol–water partition coefficient (Wildman–Crippen LogP) is 1.82. The molecule has 0 aromatic heterocycles. The van der Waals surface area contributed by atoms with E-state index in [1.807, 2.05) is 30.3 Å². The van der Waals surface area contributed by atoms with Crippen molar-refractivity contribution in [2.45, 2.75) is 38.3 Å². The van der Waals surface area contributed by atoms with Crippen molar-refractivity contribution < 1.29 is 4.79 Å². The average molecular weight is 232 g/mol. The number of benzene rings is 1. The highest BCUT2D eigenvalue weighted by Crippen LogP contribution is 2.23. The Labute approximate surface area is 102 Å². The standard InChI is InChI=1S/C14H20N2O/c15-13-8-4-7-12(9-13)14(17)16-10-11-5-2-1-3-6-11/h1-3,5-6,12-13H,4,7-10,15H2,(H,16,17). The van der Waals surface area contributed by atoms with Crippen LogP contribution in [0.25, 0.3) is 0 Å². The van der Waals surface area contributed by atoms with Gasteiger partial charge in [-0.15, -0.1) is 0 Å². The molecule has 3 heteroatoms. The Hall–Kier alpha value is -1.35. The van der Waals surface area contributed by atoms with E-state index in [4.69, 9.17) is 5.73 Å². The summed E-state index contributed by atoms with van der Waals surface area (Å²) in [6.45, 7) is 0.616. The molecule has 3 nitrogen and oxygen atoms in total. The Kier molecular flexibility index (Phi) is 4.15. The third-order valence-electron chi connectivity index (χ3n) is 3.40. The molecular weight excluding hydrogens is 212 g/mol. The van der Waals surface area contributed by atoms with Crippen LogP contribution in [0.15, 0.2) is 30.3 Å². The molecular formula is C14H20N2O. The number of hydrogen-bond acceptors (Lipinski definition) is 2. The van der Waals surface area contributed by atoms with Crippen LogP contribution in [0.2, 0.25) is 0 Å². The lowest BCUT2D eigenvalue weighted by Crippen LogP contribution is -2.37. The van der Waals surface area contributed by atoms with Gasteiger partial charge in [0.1, 0.15) is 0 Å². The Bertz CT molecular complexity index is 364. The van der Waals surface area contributed by atoms with Crippen LogP contribution < -0.4 is 11.1 Å². The maximum absolute atomic E-state index is 12.0. The smallest absolute Gasteiger partial charge is 0.223 e.